The van der Waals surface area contributed by atoms with Crippen molar-refractivity contribution in [3.8, 4) is 0 Å². The number of halogens is 2. The number of hydrogen-bond donors (Lipinski definition) is 1. The molecule has 0 radical (unpaired) electrons. The van der Waals surface area contributed by atoms with Gasteiger partial charge in [-0.25, -0.2) is 13.5 Å². The number of alkyl halides is 2. The molecule has 1 heterocycles. The van der Waals surface area contributed by atoms with E-state index < -0.39 is 11.9 Å². The molecule has 6 nitrogen and oxygen atoms in total. The summed E-state index contributed by atoms with van der Waals surface area (Å²) in [7, 11) is 0. The van der Waals surface area contributed by atoms with Gasteiger partial charge in [0.1, 0.15) is 0 Å². The number of rotatable bonds is 4. The van der Waals surface area contributed by atoms with Crippen LogP contribution in [-0.4, -0.2) is 37.2 Å². The van der Waals surface area contributed by atoms with Crippen molar-refractivity contribution in [2.45, 2.75) is 50.5 Å². The van der Waals surface area contributed by atoms with Gasteiger partial charge in [-0.3, -0.25) is 4.79 Å². The third-order valence-electron chi connectivity index (χ3n) is 3.18. The van der Waals surface area contributed by atoms with Crippen molar-refractivity contribution >= 4 is 5.97 Å². The minimum atomic E-state index is -2.59. The minimum absolute atomic E-state index is 0.0824. The third-order valence-corrected chi connectivity index (χ3v) is 3.18. The predicted molar refractivity (Wildman–Crippen MR) is 56.2 cm³/mol. The number of aryl methyl sites for hydroxylation is 1. The first-order chi connectivity index (χ1) is 8.48. The zero-order valence-electron chi connectivity index (χ0n) is 9.72. The summed E-state index contributed by atoms with van der Waals surface area (Å²) in [6.45, 7) is 0.171. The molecule has 2 rings (SSSR count). The number of tetrazole rings is 1. The molecule has 100 valence electrons. The van der Waals surface area contributed by atoms with Gasteiger partial charge in [0.25, 0.3) is 0 Å². The number of carboxylic acid groups (broad SMARTS) is 1. The molecule has 0 spiro atoms. The van der Waals surface area contributed by atoms with Gasteiger partial charge < -0.3 is 5.11 Å². The lowest BCUT2D eigenvalue weighted by Crippen LogP contribution is -2.25. The Balaban J connectivity index is 2.01. The van der Waals surface area contributed by atoms with E-state index in [1.165, 1.54) is 4.68 Å². The molecule has 8 heteroatoms. The first kappa shape index (κ1) is 12.8. The smallest absolute Gasteiger partial charge is 0.305 e. The highest BCUT2D eigenvalue weighted by atomic mass is 19.3. The minimum Gasteiger partial charge on any atom is -0.481 e. The summed E-state index contributed by atoms with van der Waals surface area (Å²) in [4.78, 5) is 10.5. The van der Waals surface area contributed by atoms with Gasteiger partial charge in [-0.05, 0) is 23.3 Å². The SMILES string of the molecule is O=C(O)CCn1nnnc1C1CCC(F)(F)CC1. The van der Waals surface area contributed by atoms with Crippen molar-refractivity contribution in [3.05, 3.63) is 5.82 Å². The molecule has 0 saturated heterocycles. The van der Waals surface area contributed by atoms with Crippen LogP contribution < -0.4 is 0 Å². The first-order valence-corrected chi connectivity index (χ1v) is 5.83. The fourth-order valence-electron chi connectivity index (χ4n) is 2.16. The summed E-state index contributed by atoms with van der Waals surface area (Å²) in [5, 5.41) is 19.6. The Hall–Kier alpha value is -1.60. The van der Waals surface area contributed by atoms with E-state index in [0.717, 1.165) is 0 Å². The van der Waals surface area contributed by atoms with Crippen molar-refractivity contribution in [3.63, 3.8) is 0 Å². The summed E-state index contributed by atoms with van der Waals surface area (Å²) in [5.74, 6) is -3.11. The van der Waals surface area contributed by atoms with E-state index in [0.29, 0.717) is 18.7 Å². The van der Waals surface area contributed by atoms with E-state index >= 15 is 0 Å². The van der Waals surface area contributed by atoms with Crippen molar-refractivity contribution in [2.75, 3.05) is 0 Å². The Morgan fingerprint density at radius 1 is 1.44 bits per heavy atom. The number of aliphatic carboxylic acids is 1. The molecule has 0 aliphatic heterocycles. The molecule has 1 aromatic rings. The Bertz CT molecular complexity index is 425. The number of nitrogens with zero attached hydrogens (tertiary/aromatic N) is 4. The molecular weight excluding hydrogens is 246 g/mol. The molecule has 1 saturated carbocycles. The van der Waals surface area contributed by atoms with Crippen LogP contribution in [0, 0.1) is 0 Å². The molecular formula is C10H14F2N4O2. The second-order valence-electron chi connectivity index (χ2n) is 4.53. The summed E-state index contributed by atoms with van der Waals surface area (Å²) in [6, 6.07) is 0. The van der Waals surface area contributed by atoms with Crippen molar-refractivity contribution in [1.29, 1.82) is 0 Å². The molecule has 18 heavy (non-hydrogen) atoms. The standard InChI is InChI=1S/C10H14F2N4O2/c11-10(12)4-1-7(2-5-10)9-13-14-15-16(9)6-3-8(17)18/h7H,1-6H2,(H,17,18). The van der Waals surface area contributed by atoms with Gasteiger partial charge in [0.15, 0.2) is 5.82 Å². The van der Waals surface area contributed by atoms with Crippen LogP contribution in [0.4, 0.5) is 8.78 Å². The van der Waals surface area contributed by atoms with E-state index in [-0.39, 0.29) is 31.7 Å². The molecule has 1 aliphatic carbocycles. The maximum absolute atomic E-state index is 13.0. The highest BCUT2D eigenvalue weighted by molar-refractivity contribution is 5.66. The van der Waals surface area contributed by atoms with Crippen LogP contribution >= 0.6 is 0 Å². The maximum Gasteiger partial charge on any atom is 0.305 e. The van der Waals surface area contributed by atoms with Crippen LogP contribution in [0.15, 0.2) is 0 Å². The van der Waals surface area contributed by atoms with Crippen LogP contribution in [0.1, 0.15) is 43.8 Å². The molecule has 0 unspecified atom stereocenters. The van der Waals surface area contributed by atoms with Crippen molar-refractivity contribution < 1.29 is 18.7 Å². The summed E-state index contributed by atoms with van der Waals surface area (Å²) in [6.07, 6.45) is 0.259. The van der Waals surface area contributed by atoms with Gasteiger partial charge in [-0.1, -0.05) is 0 Å². The molecule has 0 bridgehead atoms. The van der Waals surface area contributed by atoms with Gasteiger partial charge in [-0.2, -0.15) is 0 Å². The van der Waals surface area contributed by atoms with E-state index in [4.69, 9.17) is 5.11 Å². The second-order valence-corrected chi connectivity index (χ2v) is 4.53. The van der Waals surface area contributed by atoms with Crippen LogP contribution in [0.25, 0.3) is 0 Å². The maximum atomic E-state index is 13.0. The normalized spacial score (nSPS) is 19.9. The van der Waals surface area contributed by atoms with Crippen molar-refractivity contribution in [1.82, 2.24) is 20.2 Å². The van der Waals surface area contributed by atoms with E-state index in [1.54, 1.807) is 0 Å². The zero-order chi connectivity index (χ0) is 13.2. The molecule has 0 aromatic carbocycles. The van der Waals surface area contributed by atoms with Crippen LogP contribution in [0.2, 0.25) is 0 Å². The largest absolute Gasteiger partial charge is 0.481 e. The van der Waals surface area contributed by atoms with E-state index in [1.807, 2.05) is 0 Å². The Morgan fingerprint density at radius 2 is 2.11 bits per heavy atom. The summed E-state index contributed by atoms with van der Waals surface area (Å²) in [5.41, 5.74) is 0. The summed E-state index contributed by atoms with van der Waals surface area (Å²) < 4.78 is 27.5. The molecule has 1 N–H and O–H groups in total. The second kappa shape index (κ2) is 4.95. The zero-order valence-corrected chi connectivity index (χ0v) is 9.72. The van der Waals surface area contributed by atoms with E-state index in [2.05, 4.69) is 15.5 Å². The number of hydrogen-bond acceptors (Lipinski definition) is 4. The number of carbonyl (C=O) groups is 1. The quantitative estimate of drug-likeness (QED) is 0.885. The van der Waals surface area contributed by atoms with Gasteiger partial charge in [-0.15, -0.1) is 5.10 Å². The van der Waals surface area contributed by atoms with Gasteiger partial charge >= 0.3 is 5.97 Å². The monoisotopic (exact) mass is 260 g/mol. The average molecular weight is 260 g/mol. The number of carboxylic acids is 1. The lowest BCUT2D eigenvalue weighted by molar-refractivity contribution is -0.137. The topological polar surface area (TPSA) is 80.9 Å². The Kier molecular flexibility index (Phi) is 3.53. The van der Waals surface area contributed by atoms with E-state index in [9.17, 15) is 13.6 Å². The molecule has 1 fully saturated rings. The Labute approximate surface area is 102 Å². The van der Waals surface area contributed by atoms with Crippen LogP contribution in [0.5, 0.6) is 0 Å². The van der Waals surface area contributed by atoms with Crippen molar-refractivity contribution in [2.24, 2.45) is 0 Å². The van der Waals surface area contributed by atoms with Crippen LogP contribution in [-0.2, 0) is 11.3 Å². The highest BCUT2D eigenvalue weighted by Crippen LogP contribution is 2.39. The van der Waals surface area contributed by atoms with Gasteiger partial charge in [0.2, 0.25) is 5.92 Å². The summed E-state index contributed by atoms with van der Waals surface area (Å²) >= 11 is 0. The first-order valence-electron chi connectivity index (χ1n) is 5.83. The fraction of sp³-hybridized carbons (Fsp3) is 0.800. The predicted octanol–water partition coefficient (Wildman–Crippen LogP) is 1.44. The molecule has 1 aliphatic rings. The fourth-order valence-corrected chi connectivity index (χ4v) is 2.16. The third kappa shape index (κ3) is 2.99. The highest BCUT2D eigenvalue weighted by Gasteiger charge is 2.37. The molecule has 0 amide bonds. The van der Waals surface area contributed by atoms with Gasteiger partial charge in [0, 0.05) is 18.8 Å². The Morgan fingerprint density at radius 3 is 2.72 bits per heavy atom. The lowest BCUT2D eigenvalue weighted by Gasteiger charge is -2.27. The average Bonchev–Trinajstić information content (AvgIpc) is 2.74. The number of aromatic nitrogens is 4. The van der Waals surface area contributed by atoms with Gasteiger partial charge in [0.05, 0.1) is 13.0 Å². The lowest BCUT2D eigenvalue weighted by atomic mass is 9.86. The molecule has 0 atom stereocenters. The van der Waals surface area contributed by atoms with Crippen LogP contribution in [0.3, 0.4) is 0 Å². The molecule has 1 aromatic heterocycles.